The van der Waals surface area contributed by atoms with E-state index in [4.69, 9.17) is 9.47 Å². The number of carbonyl (C=O) groups excluding carboxylic acids is 1. The summed E-state index contributed by atoms with van der Waals surface area (Å²) >= 11 is 0. The molecule has 1 aliphatic heterocycles. The number of anilines is 1. The van der Waals surface area contributed by atoms with E-state index < -0.39 is 11.7 Å². The first-order valence-electron chi connectivity index (χ1n) is 9.70. The maximum Gasteiger partial charge on any atom is 0.412 e. The number of likely N-dealkylation sites (tertiary alicyclic amines) is 1. The SMILES string of the molecule is COCCN1CCC[C@@H]1CN[C@H](C)c1cnccc1NC(=O)OC(C)(C)C. The first-order chi connectivity index (χ1) is 12.8. The predicted octanol–water partition coefficient (Wildman–Crippen LogP) is 3.19. The van der Waals surface area contributed by atoms with Gasteiger partial charge in [0.25, 0.3) is 0 Å². The highest BCUT2D eigenvalue weighted by Crippen LogP contribution is 2.23. The van der Waals surface area contributed by atoms with Gasteiger partial charge in [-0.1, -0.05) is 0 Å². The van der Waals surface area contributed by atoms with Gasteiger partial charge in [-0.3, -0.25) is 15.2 Å². The Kier molecular flexibility index (Phi) is 8.01. The van der Waals surface area contributed by atoms with Gasteiger partial charge < -0.3 is 14.8 Å². The minimum Gasteiger partial charge on any atom is -0.444 e. The first kappa shape index (κ1) is 21.6. The number of rotatable bonds is 8. The van der Waals surface area contributed by atoms with Gasteiger partial charge in [0, 0.05) is 50.2 Å². The van der Waals surface area contributed by atoms with E-state index in [2.05, 4.69) is 27.4 Å². The molecule has 0 aromatic carbocycles. The molecule has 1 amide bonds. The molecule has 0 spiro atoms. The van der Waals surface area contributed by atoms with Crippen LogP contribution in [0.5, 0.6) is 0 Å². The lowest BCUT2D eigenvalue weighted by Gasteiger charge is -2.26. The fraction of sp³-hybridized carbons (Fsp3) is 0.700. The van der Waals surface area contributed by atoms with Crippen molar-refractivity contribution in [3.63, 3.8) is 0 Å². The quantitative estimate of drug-likeness (QED) is 0.724. The summed E-state index contributed by atoms with van der Waals surface area (Å²) in [7, 11) is 1.74. The lowest BCUT2D eigenvalue weighted by molar-refractivity contribution is 0.0635. The molecule has 0 radical (unpaired) electrons. The zero-order valence-corrected chi connectivity index (χ0v) is 17.2. The highest BCUT2D eigenvalue weighted by molar-refractivity contribution is 5.85. The molecule has 0 bridgehead atoms. The van der Waals surface area contributed by atoms with Crippen molar-refractivity contribution in [1.29, 1.82) is 0 Å². The third-order valence-electron chi connectivity index (χ3n) is 4.70. The fourth-order valence-electron chi connectivity index (χ4n) is 3.33. The van der Waals surface area contributed by atoms with Gasteiger partial charge in [0.05, 0.1) is 12.3 Å². The number of ether oxygens (including phenoxy) is 2. The van der Waals surface area contributed by atoms with E-state index in [0.29, 0.717) is 6.04 Å². The van der Waals surface area contributed by atoms with E-state index >= 15 is 0 Å². The van der Waals surface area contributed by atoms with E-state index in [1.807, 2.05) is 20.8 Å². The van der Waals surface area contributed by atoms with Crippen molar-refractivity contribution in [3.8, 4) is 0 Å². The van der Waals surface area contributed by atoms with Gasteiger partial charge in [0.2, 0.25) is 0 Å². The molecular formula is C20H34N4O3. The third kappa shape index (κ3) is 7.08. The number of pyridine rings is 1. The first-order valence-corrected chi connectivity index (χ1v) is 9.70. The van der Waals surface area contributed by atoms with E-state index in [-0.39, 0.29) is 6.04 Å². The second-order valence-corrected chi connectivity index (χ2v) is 8.04. The lowest BCUT2D eigenvalue weighted by atomic mass is 10.1. The van der Waals surface area contributed by atoms with Gasteiger partial charge in [-0.15, -0.1) is 0 Å². The summed E-state index contributed by atoms with van der Waals surface area (Å²) in [4.78, 5) is 18.8. The molecule has 1 aromatic rings. The highest BCUT2D eigenvalue weighted by atomic mass is 16.6. The Balaban J connectivity index is 1.94. The molecule has 2 rings (SSSR count). The minimum atomic E-state index is -0.532. The van der Waals surface area contributed by atoms with Crippen LogP contribution in [-0.2, 0) is 9.47 Å². The molecule has 0 saturated carbocycles. The average molecular weight is 379 g/mol. The van der Waals surface area contributed by atoms with E-state index in [0.717, 1.165) is 37.5 Å². The largest absolute Gasteiger partial charge is 0.444 e. The molecule has 2 heterocycles. The summed E-state index contributed by atoms with van der Waals surface area (Å²) < 4.78 is 10.6. The van der Waals surface area contributed by atoms with Crippen LogP contribution in [0.25, 0.3) is 0 Å². The van der Waals surface area contributed by atoms with Crippen LogP contribution in [-0.4, -0.2) is 61.0 Å². The molecule has 2 N–H and O–H groups in total. The normalized spacial score (nSPS) is 19.1. The van der Waals surface area contributed by atoms with E-state index in [9.17, 15) is 4.79 Å². The Bertz CT molecular complexity index is 603. The van der Waals surface area contributed by atoms with Gasteiger partial charge >= 0.3 is 6.09 Å². The topological polar surface area (TPSA) is 75.7 Å². The van der Waals surface area contributed by atoms with Crippen molar-refractivity contribution >= 4 is 11.8 Å². The van der Waals surface area contributed by atoms with Crippen LogP contribution in [0, 0.1) is 0 Å². The van der Waals surface area contributed by atoms with Crippen molar-refractivity contribution in [1.82, 2.24) is 15.2 Å². The smallest absolute Gasteiger partial charge is 0.412 e. The van der Waals surface area contributed by atoms with Crippen molar-refractivity contribution < 1.29 is 14.3 Å². The average Bonchev–Trinajstić information content (AvgIpc) is 3.04. The number of aromatic nitrogens is 1. The molecule has 152 valence electrons. The van der Waals surface area contributed by atoms with Crippen LogP contribution in [0.1, 0.15) is 52.1 Å². The Morgan fingerprint density at radius 1 is 1.44 bits per heavy atom. The maximum absolute atomic E-state index is 12.1. The summed E-state index contributed by atoms with van der Waals surface area (Å²) in [5.41, 5.74) is 1.14. The summed E-state index contributed by atoms with van der Waals surface area (Å²) in [5.74, 6) is 0. The number of nitrogens with one attached hydrogen (secondary N) is 2. The predicted molar refractivity (Wildman–Crippen MR) is 107 cm³/mol. The molecule has 2 atom stereocenters. The van der Waals surface area contributed by atoms with E-state index in [1.54, 1.807) is 25.6 Å². The minimum absolute atomic E-state index is 0.0634. The zero-order valence-electron chi connectivity index (χ0n) is 17.2. The molecular weight excluding hydrogens is 344 g/mol. The summed E-state index contributed by atoms with van der Waals surface area (Å²) in [5, 5.41) is 6.44. The summed E-state index contributed by atoms with van der Waals surface area (Å²) in [6, 6.07) is 2.38. The summed E-state index contributed by atoms with van der Waals surface area (Å²) in [6.45, 7) is 11.4. The second kappa shape index (κ2) is 10.0. The number of hydrogen-bond acceptors (Lipinski definition) is 6. The lowest BCUT2D eigenvalue weighted by Crippen LogP contribution is -2.40. The maximum atomic E-state index is 12.1. The van der Waals surface area contributed by atoms with Gasteiger partial charge in [-0.05, 0) is 53.1 Å². The Hall–Kier alpha value is -1.70. The van der Waals surface area contributed by atoms with Crippen LogP contribution in [0.15, 0.2) is 18.5 Å². The second-order valence-electron chi connectivity index (χ2n) is 8.04. The Labute approximate surface area is 162 Å². The van der Waals surface area contributed by atoms with Gasteiger partial charge in [-0.2, -0.15) is 0 Å². The standard InChI is InChI=1S/C20H34N4O3/c1-15(22-13-16-7-6-10-24(16)11-12-26-5)17-14-21-9-8-18(17)23-19(25)27-20(2,3)4/h8-9,14-16,22H,6-7,10-13H2,1-5H3,(H,21,23,25)/t15-,16-/m1/s1. The molecule has 0 unspecified atom stereocenters. The van der Waals surface area contributed by atoms with Crippen LogP contribution in [0.4, 0.5) is 10.5 Å². The van der Waals surface area contributed by atoms with Gasteiger partial charge in [0.15, 0.2) is 0 Å². The van der Waals surface area contributed by atoms with Crippen molar-refractivity contribution in [3.05, 3.63) is 24.0 Å². The van der Waals surface area contributed by atoms with Gasteiger partial charge in [0.1, 0.15) is 5.60 Å². The molecule has 27 heavy (non-hydrogen) atoms. The van der Waals surface area contributed by atoms with Crippen molar-refractivity contribution in [2.45, 2.75) is 58.2 Å². The van der Waals surface area contributed by atoms with Crippen molar-refractivity contribution in [2.24, 2.45) is 0 Å². The number of hydrogen-bond donors (Lipinski definition) is 2. The highest BCUT2D eigenvalue weighted by Gasteiger charge is 2.25. The number of carbonyl (C=O) groups is 1. The van der Waals surface area contributed by atoms with Gasteiger partial charge in [-0.25, -0.2) is 4.79 Å². The monoisotopic (exact) mass is 378 g/mol. The van der Waals surface area contributed by atoms with Crippen LogP contribution >= 0.6 is 0 Å². The molecule has 1 aromatic heterocycles. The van der Waals surface area contributed by atoms with Crippen LogP contribution in [0.2, 0.25) is 0 Å². The molecule has 7 heteroatoms. The summed E-state index contributed by atoms with van der Waals surface area (Å²) in [6.07, 6.45) is 5.43. The Morgan fingerprint density at radius 3 is 2.93 bits per heavy atom. The number of amides is 1. The fourth-order valence-corrected chi connectivity index (χ4v) is 3.33. The zero-order chi connectivity index (χ0) is 19.9. The van der Waals surface area contributed by atoms with Crippen LogP contribution < -0.4 is 10.6 Å². The third-order valence-corrected chi connectivity index (χ3v) is 4.70. The number of methoxy groups -OCH3 is 1. The van der Waals surface area contributed by atoms with Crippen LogP contribution in [0.3, 0.4) is 0 Å². The molecule has 0 aliphatic carbocycles. The molecule has 7 nitrogen and oxygen atoms in total. The van der Waals surface area contributed by atoms with Crippen molar-refractivity contribution in [2.75, 3.05) is 38.7 Å². The molecule has 1 aliphatic rings. The Morgan fingerprint density at radius 2 is 2.22 bits per heavy atom. The van der Waals surface area contributed by atoms with E-state index in [1.165, 1.54) is 12.8 Å². The molecule has 1 saturated heterocycles. The molecule has 1 fully saturated rings. The number of nitrogens with zero attached hydrogens (tertiary/aromatic N) is 2.